The van der Waals surface area contributed by atoms with Crippen molar-refractivity contribution in [2.75, 3.05) is 18.6 Å². The van der Waals surface area contributed by atoms with Crippen molar-refractivity contribution in [3.63, 3.8) is 0 Å². The Bertz CT molecular complexity index is 1400. The first kappa shape index (κ1) is 25.6. The Labute approximate surface area is 226 Å². The lowest BCUT2D eigenvalue weighted by Crippen LogP contribution is -2.37. The highest BCUT2D eigenvalue weighted by Gasteiger charge is 2.47. The monoisotopic (exact) mass is 522 g/mol. The summed E-state index contributed by atoms with van der Waals surface area (Å²) in [5, 5.41) is 0. The zero-order chi connectivity index (χ0) is 26.6. The number of carbonyl (C=O) groups excluding carboxylic acids is 1. The lowest BCUT2D eigenvalue weighted by molar-refractivity contribution is -0.121. The van der Waals surface area contributed by atoms with Crippen LogP contribution < -0.4 is 9.64 Å². The number of para-hydroxylation sites is 2. The van der Waals surface area contributed by atoms with E-state index < -0.39 is 22.9 Å². The second-order valence-electron chi connectivity index (χ2n) is 9.34. The van der Waals surface area contributed by atoms with E-state index in [1.54, 1.807) is 12.0 Å². The molecule has 4 aromatic rings. The van der Waals surface area contributed by atoms with E-state index in [0.29, 0.717) is 11.4 Å². The van der Waals surface area contributed by atoms with Gasteiger partial charge in [-0.2, -0.15) is 0 Å². The van der Waals surface area contributed by atoms with E-state index in [-0.39, 0.29) is 5.91 Å². The number of anilines is 2. The lowest BCUT2D eigenvalue weighted by atomic mass is 9.90. The van der Waals surface area contributed by atoms with Gasteiger partial charge in [0.2, 0.25) is 5.91 Å². The summed E-state index contributed by atoms with van der Waals surface area (Å²) < 4.78 is 21.2. The normalized spacial score (nSPS) is 18.2. The molecule has 0 saturated carbocycles. The summed E-state index contributed by atoms with van der Waals surface area (Å²) in [5.41, 5.74) is 4.24. The highest BCUT2D eigenvalue weighted by Crippen LogP contribution is 2.45. The minimum Gasteiger partial charge on any atom is -0.497 e. The Morgan fingerprint density at radius 3 is 1.95 bits per heavy atom. The van der Waals surface area contributed by atoms with Crippen molar-refractivity contribution in [2.24, 2.45) is 5.92 Å². The van der Waals surface area contributed by atoms with Gasteiger partial charge in [-0.15, -0.1) is 0 Å². The molecule has 5 rings (SSSR count). The van der Waals surface area contributed by atoms with Gasteiger partial charge in [-0.1, -0.05) is 72.8 Å². The maximum absolute atomic E-state index is 14.5. The van der Waals surface area contributed by atoms with E-state index in [4.69, 9.17) is 4.74 Å². The topological polar surface area (TPSA) is 49.9 Å². The predicted octanol–water partition coefficient (Wildman–Crippen LogP) is 6.62. The minimum atomic E-state index is -1.49. The number of hydrogen-bond acceptors (Lipinski definition) is 3. The van der Waals surface area contributed by atoms with Crippen molar-refractivity contribution >= 4 is 28.3 Å². The number of methoxy groups -OCH3 is 1. The van der Waals surface area contributed by atoms with Gasteiger partial charge in [-0.3, -0.25) is 9.69 Å². The number of aryl methyl sites for hydroxylation is 1. The fourth-order valence-corrected chi connectivity index (χ4v) is 6.28. The van der Waals surface area contributed by atoms with Gasteiger partial charge in [0.15, 0.2) is 0 Å². The van der Waals surface area contributed by atoms with Gasteiger partial charge in [0.25, 0.3) is 0 Å². The molecule has 38 heavy (non-hydrogen) atoms. The molecule has 1 amide bonds. The predicted molar refractivity (Wildman–Crippen MR) is 153 cm³/mol. The number of carbonyl (C=O) groups is 1. The van der Waals surface area contributed by atoms with Crippen LogP contribution >= 0.6 is 0 Å². The van der Waals surface area contributed by atoms with Crippen LogP contribution in [0.1, 0.15) is 17.2 Å². The molecule has 0 aliphatic carbocycles. The van der Waals surface area contributed by atoms with Gasteiger partial charge in [-0.05, 0) is 66.6 Å². The molecule has 0 N–H and O–H groups in total. The molecule has 0 aromatic heterocycles. The van der Waals surface area contributed by atoms with Gasteiger partial charge in [0, 0.05) is 17.9 Å². The Kier molecular flexibility index (Phi) is 7.54. The van der Waals surface area contributed by atoms with Gasteiger partial charge < -0.3 is 4.74 Å². The van der Waals surface area contributed by atoms with Crippen LogP contribution in [0, 0.1) is 12.8 Å². The Balaban J connectivity index is 1.60. The van der Waals surface area contributed by atoms with Crippen molar-refractivity contribution < 1.29 is 13.7 Å². The molecule has 1 fully saturated rings. The highest BCUT2D eigenvalue weighted by molar-refractivity contribution is 7.82. The van der Waals surface area contributed by atoms with Gasteiger partial charge in [0.1, 0.15) is 16.7 Å². The molecule has 192 valence electrons. The van der Waals surface area contributed by atoms with Crippen LogP contribution in [0.5, 0.6) is 5.75 Å². The number of nitrogens with zero attached hydrogens (tertiary/aromatic N) is 2. The number of hydrogen-bond donors (Lipinski definition) is 0. The molecule has 1 saturated heterocycles. The SMILES string of the molecule is C=C1CN([S@](=O)c2ccc(C)cc2)[C@H](c2ccc(OC)cc2)[C@H]1C(=O)N(c1ccccc1)c1ccccc1. The largest absolute Gasteiger partial charge is 0.497 e. The third-order valence-corrected chi connectivity index (χ3v) is 8.29. The van der Waals surface area contributed by atoms with Crippen molar-refractivity contribution in [3.05, 3.63) is 132 Å². The quantitative estimate of drug-likeness (QED) is 0.256. The van der Waals surface area contributed by atoms with Crippen LogP contribution in [-0.4, -0.2) is 28.1 Å². The first-order chi connectivity index (χ1) is 18.5. The van der Waals surface area contributed by atoms with Crippen molar-refractivity contribution in [1.82, 2.24) is 4.31 Å². The molecule has 1 aliphatic rings. The zero-order valence-corrected chi connectivity index (χ0v) is 22.3. The summed E-state index contributed by atoms with van der Waals surface area (Å²) in [6.45, 7) is 6.67. The van der Waals surface area contributed by atoms with E-state index in [1.165, 1.54) is 0 Å². The summed E-state index contributed by atoms with van der Waals surface area (Å²) in [5.74, 6) is -0.00955. The Hall–Kier alpha value is -4.00. The average molecular weight is 523 g/mol. The van der Waals surface area contributed by atoms with Crippen LogP contribution in [-0.2, 0) is 15.8 Å². The van der Waals surface area contributed by atoms with E-state index in [0.717, 1.165) is 33.8 Å². The van der Waals surface area contributed by atoms with Gasteiger partial charge in [0.05, 0.1) is 24.0 Å². The summed E-state index contributed by atoms with van der Waals surface area (Å²) in [6.07, 6.45) is 0. The van der Waals surface area contributed by atoms with Crippen LogP contribution in [0.4, 0.5) is 11.4 Å². The van der Waals surface area contributed by atoms with E-state index in [9.17, 15) is 9.00 Å². The standard InChI is InChI=1S/C32H30N2O3S/c1-23-14-20-29(21-15-23)38(36)33-22-24(2)30(31(33)25-16-18-28(37-3)19-17-25)32(35)34(26-10-6-4-7-11-26)27-12-8-5-9-13-27/h4-21,30-31H,2,22H2,1,3H3/t30-,31+,38+/m0/s1. The third kappa shape index (κ3) is 5.05. The van der Waals surface area contributed by atoms with Crippen LogP contribution in [0.2, 0.25) is 0 Å². The van der Waals surface area contributed by atoms with Crippen molar-refractivity contribution in [2.45, 2.75) is 17.9 Å². The fraction of sp³-hybridized carbons (Fsp3) is 0.156. The second kappa shape index (κ2) is 11.2. The van der Waals surface area contributed by atoms with E-state index in [2.05, 4.69) is 6.58 Å². The van der Waals surface area contributed by atoms with Gasteiger partial charge in [-0.25, -0.2) is 8.51 Å². The van der Waals surface area contributed by atoms with Crippen LogP contribution in [0.25, 0.3) is 0 Å². The molecule has 1 heterocycles. The molecule has 3 atom stereocenters. The van der Waals surface area contributed by atoms with Gasteiger partial charge >= 0.3 is 0 Å². The van der Waals surface area contributed by atoms with E-state index in [1.807, 2.05) is 120 Å². The Morgan fingerprint density at radius 2 is 1.42 bits per heavy atom. The first-order valence-corrected chi connectivity index (χ1v) is 13.6. The first-order valence-electron chi connectivity index (χ1n) is 12.5. The van der Waals surface area contributed by atoms with E-state index >= 15 is 0 Å². The molecular weight excluding hydrogens is 492 g/mol. The summed E-state index contributed by atoms with van der Waals surface area (Å²) in [4.78, 5) is 17.0. The molecule has 0 unspecified atom stereocenters. The molecular formula is C32H30N2O3S. The summed E-state index contributed by atoms with van der Waals surface area (Å²) in [7, 11) is 0.126. The molecule has 6 heteroatoms. The fourth-order valence-electron chi connectivity index (χ4n) is 4.90. The molecule has 0 radical (unpaired) electrons. The molecule has 0 bridgehead atoms. The molecule has 1 aliphatic heterocycles. The zero-order valence-electron chi connectivity index (χ0n) is 21.5. The lowest BCUT2D eigenvalue weighted by Gasteiger charge is -2.31. The third-order valence-electron chi connectivity index (χ3n) is 6.83. The maximum atomic E-state index is 14.5. The maximum Gasteiger partial charge on any atom is 0.240 e. The second-order valence-corrected chi connectivity index (χ2v) is 10.8. The molecule has 4 aromatic carbocycles. The summed E-state index contributed by atoms with van der Waals surface area (Å²) in [6, 6.07) is 34.1. The summed E-state index contributed by atoms with van der Waals surface area (Å²) >= 11 is 0. The van der Waals surface area contributed by atoms with Crippen molar-refractivity contribution in [3.8, 4) is 5.75 Å². The number of benzene rings is 4. The number of amides is 1. The molecule has 0 spiro atoms. The smallest absolute Gasteiger partial charge is 0.240 e. The van der Waals surface area contributed by atoms with Crippen LogP contribution in [0.3, 0.4) is 0 Å². The minimum absolute atomic E-state index is 0.114. The van der Waals surface area contributed by atoms with Crippen molar-refractivity contribution in [1.29, 1.82) is 0 Å². The number of ether oxygens (including phenoxy) is 1. The molecule has 5 nitrogen and oxygen atoms in total. The highest BCUT2D eigenvalue weighted by atomic mass is 32.2. The Morgan fingerprint density at radius 1 is 0.868 bits per heavy atom. The number of rotatable bonds is 7. The average Bonchev–Trinajstić information content (AvgIpc) is 3.31. The van der Waals surface area contributed by atoms with Crippen LogP contribution in [0.15, 0.2) is 126 Å².